The summed E-state index contributed by atoms with van der Waals surface area (Å²) in [5, 5.41) is 9.65. The number of rotatable bonds is 3. The van der Waals surface area contributed by atoms with E-state index in [9.17, 15) is 0 Å². The van der Waals surface area contributed by atoms with E-state index in [-0.39, 0.29) is 0 Å². The molecule has 0 radical (unpaired) electrons. The standard InChI is InChI=1S/C15H13ClN2/c1-18(11-12-6-3-2-4-7-12)15-9-5-8-14(16)13(15)10-17/h2-9H,11H2,1H3. The molecule has 3 heteroatoms. The molecular formula is C15H13ClN2. The average molecular weight is 257 g/mol. The molecule has 0 fully saturated rings. The second-order valence-electron chi connectivity index (χ2n) is 4.09. The van der Waals surface area contributed by atoms with Crippen molar-refractivity contribution in [3.05, 3.63) is 64.7 Å². The summed E-state index contributed by atoms with van der Waals surface area (Å²) in [7, 11) is 1.96. The SMILES string of the molecule is CN(Cc1ccccc1)c1cccc(Cl)c1C#N. The molecule has 0 aromatic heterocycles. The molecule has 0 aliphatic heterocycles. The minimum Gasteiger partial charge on any atom is -0.369 e. The third-order valence-corrected chi connectivity index (χ3v) is 3.09. The van der Waals surface area contributed by atoms with Gasteiger partial charge in [-0.25, -0.2) is 0 Å². The smallest absolute Gasteiger partial charge is 0.103 e. The van der Waals surface area contributed by atoms with Crippen LogP contribution in [0, 0.1) is 11.3 Å². The third kappa shape index (κ3) is 2.64. The van der Waals surface area contributed by atoms with E-state index < -0.39 is 0 Å². The topological polar surface area (TPSA) is 27.0 Å². The van der Waals surface area contributed by atoms with Crippen LogP contribution in [0.15, 0.2) is 48.5 Å². The van der Waals surface area contributed by atoms with Gasteiger partial charge in [0, 0.05) is 13.6 Å². The van der Waals surface area contributed by atoms with Crippen molar-refractivity contribution in [1.82, 2.24) is 0 Å². The zero-order valence-corrected chi connectivity index (χ0v) is 10.9. The molecule has 2 nitrogen and oxygen atoms in total. The molecular weight excluding hydrogens is 244 g/mol. The van der Waals surface area contributed by atoms with Gasteiger partial charge in [0.2, 0.25) is 0 Å². The van der Waals surface area contributed by atoms with Crippen LogP contribution >= 0.6 is 11.6 Å². The Kier molecular flexibility index (Phi) is 3.86. The lowest BCUT2D eigenvalue weighted by Crippen LogP contribution is -2.17. The molecule has 0 heterocycles. The van der Waals surface area contributed by atoms with Crippen LogP contribution in [0.3, 0.4) is 0 Å². The van der Waals surface area contributed by atoms with Gasteiger partial charge in [-0.15, -0.1) is 0 Å². The van der Waals surface area contributed by atoms with Gasteiger partial charge in [-0.2, -0.15) is 5.26 Å². The molecule has 2 aromatic rings. The summed E-state index contributed by atoms with van der Waals surface area (Å²) < 4.78 is 0. The molecule has 0 aliphatic rings. The van der Waals surface area contributed by atoms with E-state index in [4.69, 9.17) is 16.9 Å². The largest absolute Gasteiger partial charge is 0.369 e. The third-order valence-electron chi connectivity index (χ3n) is 2.78. The lowest BCUT2D eigenvalue weighted by atomic mass is 10.1. The molecule has 0 aliphatic carbocycles. The Labute approximate surface area is 112 Å². The zero-order valence-electron chi connectivity index (χ0n) is 10.1. The summed E-state index contributed by atoms with van der Waals surface area (Å²) in [6.07, 6.45) is 0. The van der Waals surface area contributed by atoms with Gasteiger partial charge in [0.05, 0.1) is 16.3 Å². The predicted molar refractivity (Wildman–Crippen MR) is 74.7 cm³/mol. The lowest BCUT2D eigenvalue weighted by Gasteiger charge is -2.21. The van der Waals surface area contributed by atoms with Crippen molar-refractivity contribution in [1.29, 1.82) is 5.26 Å². The van der Waals surface area contributed by atoms with Crippen LogP contribution in [-0.4, -0.2) is 7.05 Å². The molecule has 0 bridgehead atoms. The highest BCUT2D eigenvalue weighted by atomic mass is 35.5. The minimum atomic E-state index is 0.495. The molecule has 0 N–H and O–H groups in total. The van der Waals surface area contributed by atoms with Crippen molar-refractivity contribution in [3.8, 4) is 6.07 Å². The number of halogens is 1. The fourth-order valence-corrected chi connectivity index (χ4v) is 2.10. The first kappa shape index (κ1) is 12.5. The Morgan fingerprint density at radius 1 is 1.11 bits per heavy atom. The van der Waals surface area contributed by atoms with Gasteiger partial charge < -0.3 is 4.90 Å². The predicted octanol–water partition coefficient (Wildman–Crippen LogP) is 3.85. The Morgan fingerprint density at radius 2 is 1.83 bits per heavy atom. The van der Waals surface area contributed by atoms with Gasteiger partial charge in [-0.05, 0) is 17.7 Å². The maximum absolute atomic E-state index is 9.15. The number of benzene rings is 2. The van der Waals surface area contributed by atoms with Gasteiger partial charge >= 0.3 is 0 Å². The van der Waals surface area contributed by atoms with Crippen LogP contribution < -0.4 is 4.90 Å². The average Bonchev–Trinajstić information content (AvgIpc) is 2.39. The number of nitriles is 1. The van der Waals surface area contributed by atoms with E-state index in [1.165, 1.54) is 5.56 Å². The summed E-state index contributed by atoms with van der Waals surface area (Å²) in [5.74, 6) is 0. The quantitative estimate of drug-likeness (QED) is 0.834. The van der Waals surface area contributed by atoms with Crippen LogP contribution in [0.4, 0.5) is 5.69 Å². The van der Waals surface area contributed by atoms with Gasteiger partial charge in [-0.3, -0.25) is 0 Å². The van der Waals surface area contributed by atoms with Crippen molar-refractivity contribution >= 4 is 17.3 Å². The molecule has 0 unspecified atom stereocenters. The first-order valence-electron chi connectivity index (χ1n) is 5.66. The number of hydrogen-bond donors (Lipinski definition) is 0. The highest BCUT2D eigenvalue weighted by Crippen LogP contribution is 2.26. The maximum atomic E-state index is 9.15. The number of anilines is 1. The van der Waals surface area contributed by atoms with Crippen molar-refractivity contribution in [2.45, 2.75) is 6.54 Å². The van der Waals surface area contributed by atoms with E-state index in [1.807, 2.05) is 42.3 Å². The molecule has 0 saturated heterocycles. The van der Waals surface area contributed by atoms with Gasteiger partial charge in [0.1, 0.15) is 6.07 Å². The lowest BCUT2D eigenvalue weighted by molar-refractivity contribution is 0.921. The minimum absolute atomic E-state index is 0.495. The summed E-state index contributed by atoms with van der Waals surface area (Å²) in [5.41, 5.74) is 2.58. The molecule has 0 amide bonds. The fraction of sp³-hybridized carbons (Fsp3) is 0.133. The Bertz CT molecular complexity index is 573. The number of hydrogen-bond acceptors (Lipinski definition) is 2. The normalized spacial score (nSPS) is 9.83. The summed E-state index contributed by atoms with van der Waals surface area (Å²) in [4.78, 5) is 2.03. The van der Waals surface area contributed by atoms with E-state index in [0.29, 0.717) is 10.6 Å². The van der Waals surface area contributed by atoms with Crippen LogP contribution in [0.5, 0.6) is 0 Å². The first-order valence-corrected chi connectivity index (χ1v) is 6.04. The monoisotopic (exact) mass is 256 g/mol. The Hall–Kier alpha value is -1.98. The number of nitrogens with zero attached hydrogens (tertiary/aromatic N) is 2. The Balaban J connectivity index is 2.27. The molecule has 0 atom stereocenters. The second-order valence-corrected chi connectivity index (χ2v) is 4.49. The van der Waals surface area contributed by atoms with E-state index in [2.05, 4.69) is 18.2 Å². The molecule has 0 spiro atoms. The second kappa shape index (κ2) is 5.57. The van der Waals surface area contributed by atoms with Crippen LogP contribution in [0.2, 0.25) is 5.02 Å². The van der Waals surface area contributed by atoms with Gasteiger partial charge in [0.15, 0.2) is 0 Å². The summed E-state index contributed by atoms with van der Waals surface area (Å²) in [6, 6.07) is 17.8. The molecule has 2 rings (SSSR count). The van der Waals surface area contributed by atoms with Crippen LogP contribution in [-0.2, 0) is 6.54 Å². The van der Waals surface area contributed by atoms with E-state index >= 15 is 0 Å². The summed E-state index contributed by atoms with van der Waals surface area (Å²) >= 11 is 6.03. The van der Waals surface area contributed by atoms with Crippen molar-refractivity contribution < 1.29 is 0 Å². The van der Waals surface area contributed by atoms with E-state index in [0.717, 1.165) is 12.2 Å². The van der Waals surface area contributed by atoms with Crippen molar-refractivity contribution in [2.24, 2.45) is 0 Å². The summed E-state index contributed by atoms with van der Waals surface area (Å²) in [6.45, 7) is 0.746. The molecule has 0 saturated carbocycles. The van der Waals surface area contributed by atoms with Crippen LogP contribution in [0.25, 0.3) is 0 Å². The fourth-order valence-electron chi connectivity index (χ4n) is 1.88. The zero-order chi connectivity index (χ0) is 13.0. The van der Waals surface area contributed by atoms with Crippen molar-refractivity contribution in [3.63, 3.8) is 0 Å². The maximum Gasteiger partial charge on any atom is 0.103 e. The van der Waals surface area contributed by atoms with Gasteiger partial charge in [-0.1, -0.05) is 48.0 Å². The molecule has 18 heavy (non-hydrogen) atoms. The van der Waals surface area contributed by atoms with Crippen molar-refractivity contribution in [2.75, 3.05) is 11.9 Å². The molecule has 2 aromatic carbocycles. The highest BCUT2D eigenvalue weighted by molar-refractivity contribution is 6.32. The highest BCUT2D eigenvalue weighted by Gasteiger charge is 2.10. The molecule has 90 valence electrons. The van der Waals surface area contributed by atoms with E-state index in [1.54, 1.807) is 6.07 Å². The Morgan fingerprint density at radius 3 is 2.50 bits per heavy atom. The van der Waals surface area contributed by atoms with Gasteiger partial charge in [0.25, 0.3) is 0 Å². The first-order chi connectivity index (χ1) is 8.72. The van der Waals surface area contributed by atoms with Crippen LogP contribution in [0.1, 0.15) is 11.1 Å².